The van der Waals surface area contributed by atoms with Crippen LogP contribution in [-0.4, -0.2) is 94.8 Å². The van der Waals surface area contributed by atoms with Crippen LogP contribution in [0.15, 0.2) is 34.1 Å². The second-order valence-electron chi connectivity index (χ2n) is 9.42. The summed E-state index contributed by atoms with van der Waals surface area (Å²) in [5.41, 5.74) is 7.10. The number of nitrogens with zero attached hydrogens (tertiary/aromatic N) is 1. The Morgan fingerprint density at radius 3 is 1.28 bits per heavy atom. The molecule has 17 heteroatoms. The summed E-state index contributed by atoms with van der Waals surface area (Å²) in [6, 6.07) is 6.53. The number of nitrogens with one attached hydrogen (secondary N) is 1. The summed E-state index contributed by atoms with van der Waals surface area (Å²) >= 11 is 0. The molecule has 0 radical (unpaired) electrons. The topological polar surface area (TPSA) is 181 Å². The Hall–Kier alpha value is -2.66. The maximum absolute atomic E-state index is 12.1. The van der Waals surface area contributed by atoms with Crippen molar-refractivity contribution in [3.8, 4) is 11.5 Å². The Kier molecular flexibility index (Phi) is 25.4. The zero-order chi connectivity index (χ0) is 36.3. The third-order valence-corrected chi connectivity index (χ3v) is 9.52. The monoisotopic (exact) mass is 747 g/mol. The van der Waals surface area contributed by atoms with Gasteiger partial charge in [-0.2, -0.15) is 4.72 Å². The average molecular weight is 749 g/mol. The van der Waals surface area contributed by atoms with E-state index in [1.165, 1.54) is 48.1 Å². The predicted molar refractivity (Wildman–Crippen MR) is 187 cm³/mol. The van der Waals surface area contributed by atoms with Crippen molar-refractivity contribution in [2.24, 2.45) is 5.73 Å². The number of aryl methyl sites for hydroxylation is 4. The minimum absolute atomic E-state index is 0. The summed E-state index contributed by atoms with van der Waals surface area (Å²) in [5, 5.41) is 0. The number of ether oxygens (including phenoxy) is 4. The molecule has 0 aliphatic heterocycles. The lowest BCUT2D eigenvalue weighted by atomic mass is 10.1. The van der Waals surface area contributed by atoms with Crippen molar-refractivity contribution in [2.75, 3.05) is 61.2 Å². The van der Waals surface area contributed by atoms with Crippen LogP contribution in [0.3, 0.4) is 0 Å². The summed E-state index contributed by atoms with van der Waals surface area (Å²) in [6.07, 6.45) is 0. The fraction of sp³-hybridized carbons (Fsp3) is 0.533. The molecule has 0 saturated carbocycles. The van der Waals surface area contributed by atoms with Gasteiger partial charge in [-0.15, -0.1) is 12.4 Å². The lowest BCUT2D eigenvalue weighted by Crippen LogP contribution is -2.31. The van der Waals surface area contributed by atoms with Crippen molar-refractivity contribution in [3.05, 3.63) is 46.5 Å². The molecule has 0 unspecified atom stereocenters. The summed E-state index contributed by atoms with van der Waals surface area (Å²) in [6.45, 7) is 16.4. The summed E-state index contributed by atoms with van der Waals surface area (Å²) in [5.74, 6) is 0.188. The third-order valence-electron chi connectivity index (χ3n) is 6.22. The molecule has 0 bridgehead atoms. The Morgan fingerprint density at radius 1 is 0.723 bits per heavy atom. The molecule has 2 aromatic carbocycles. The number of hydrogen-bond donors (Lipinski definition) is 2. The number of sulfonamides is 1. The molecule has 0 fully saturated rings. The first-order valence-corrected chi connectivity index (χ1v) is 17.9. The van der Waals surface area contributed by atoms with Crippen LogP contribution in [0.25, 0.3) is 0 Å². The van der Waals surface area contributed by atoms with E-state index >= 15 is 0 Å². The zero-order valence-corrected chi connectivity index (χ0v) is 32.3. The van der Waals surface area contributed by atoms with Crippen LogP contribution in [-0.2, 0) is 38.1 Å². The van der Waals surface area contributed by atoms with E-state index in [0.29, 0.717) is 33.8 Å². The van der Waals surface area contributed by atoms with Gasteiger partial charge < -0.3 is 29.6 Å². The van der Waals surface area contributed by atoms with Gasteiger partial charge in [0, 0.05) is 10.7 Å². The highest BCUT2D eigenvalue weighted by atomic mass is 35.7. The molecule has 2 aromatic rings. The highest BCUT2D eigenvalue weighted by molar-refractivity contribution is 8.13. The second-order valence-corrected chi connectivity index (χ2v) is 13.6. The van der Waals surface area contributed by atoms with Gasteiger partial charge in [0.15, 0.2) is 0 Å². The largest absolute Gasteiger partial charge is 0.497 e. The van der Waals surface area contributed by atoms with E-state index in [4.69, 9.17) is 25.9 Å². The van der Waals surface area contributed by atoms with Crippen molar-refractivity contribution >= 4 is 54.1 Å². The van der Waals surface area contributed by atoms with E-state index in [1.807, 2.05) is 0 Å². The van der Waals surface area contributed by atoms with Gasteiger partial charge in [-0.3, -0.25) is 9.59 Å². The quantitative estimate of drug-likeness (QED) is 0.251. The SMILES string of the molecule is CCN(CC)CC.COC(=O)CN.COC(=O)CNS(=O)(=O)c1c(C)cc(OC)cc1C.COc1cc(C)c(S(=O)(=O)Cl)c(C)c1.Cl. The fourth-order valence-electron chi connectivity index (χ4n) is 3.92. The van der Waals surface area contributed by atoms with E-state index in [1.54, 1.807) is 52.0 Å². The number of carbonyl (C=O) groups excluding carboxylic acids is 2. The molecule has 0 atom stereocenters. The molecule has 3 N–H and O–H groups in total. The van der Waals surface area contributed by atoms with E-state index in [-0.39, 0.29) is 34.7 Å². The maximum Gasteiger partial charge on any atom is 0.320 e. The fourth-order valence-corrected chi connectivity index (χ4v) is 6.95. The number of esters is 2. The normalized spacial score (nSPS) is 10.4. The highest BCUT2D eigenvalue weighted by Gasteiger charge is 2.21. The molecule has 0 heterocycles. The molecule has 0 spiro atoms. The molecule has 47 heavy (non-hydrogen) atoms. The minimum atomic E-state index is -3.76. The molecule has 0 amide bonds. The first-order valence-electron chi connectivity index (χ1n) is 14.1. The van der Waals surface area contributed by atoms with Crippen molar-refractivity contribution in [1.82, 2.24) is 9.62 Å². The molecule has 0 aliphatic rings. The van der Waals surface area contributed by atoms with Gasteiger partial charge in [0.2, 0.25) is 10.0 Å². The van der Waals surface area contributed by atoms with Crippen LogP contribution >= 0.6 is 23.1 Å². The molecule has 0 aliphatic carbocycles. The summed E-state index contributed by atoms with van der Waals surface area (Å²) in [4.78, 5) is 23.5. The Balaban J connectivity index is -0.000000605. The van der Waals surface area contributed by atoms with Crippen LogP contribution < -0.4 is 19.9 Å². The first-order chi connectivity index (χ1) is 21.3. The average Bonchev–Trinajstić information content (AvgIpc) is 2.99. The van der Waals surface area contributed by atoms with Gasteiger partial charge in [-0.05, 0) is 93.8 Å². The lowest BCUT2D eigenvalue weighted by molar-refractivity contribution is -0.139. The number of halogens is 2. The lowest BCUT2D eigenvalue weighted by Gasteiger charge is -2.13. The molecule has 272 valence electrons. The van der Waals surface area contributed by atoms with Crippen molar-refractivity contribution < 1.29 is 45.4 Å². The number of benzene rings is 2. The molecule has 0 aromatic heterocycles. The number of carbonyl (C=O) groups is 2. The van der Waals surface area contributed by atoms with Gasteiger partial charge >= 0.3 is 11.9 Å². The van der Waals surface area contributed by atoms with Crippen LogP contribution in [0.1, 0.15) is 43.0 Å². The first kappa shape index (κ1) is 48.7. The molecular formula is C30H51Cl2N3O10S2. The maximum atomic E-state index is 12.1. The van der Waals surface area contributed by atoms with Gasteiger partial charge in [-0.1, -0.05) is 20.8 Å². The number of rotatable bonds is 11. The van der Waals surface area contributed by atoms with Crippen molar-refractivity contribution in [3.63, 3.8) is 0 Å². The standard InChI is InChI=1S/C12H17NO5S.C9H11ClO3S.C6H15N.C3H7NO2.ClH/c1-8-5-10(17-3)6-9(2)12(8)19(15,16)13-7-11(14)18-4;1-6-4-8(13-3)5-7(2)9(6)14(10,11)12;1-4-7(5-2)6-3;1-6-3(5)2-4;/h5-6,13H,7H2,1-4H3;4-5H,1-3H3;4-6H2,1-3H3;2,4H2,1H3;1H. The Morgan fingerprint density at radius 2 is 1.06 bits per heavy atom. The predicted octanol–water partition coefficient (Wildman–Crippen LogP) is 3.89. The van der Waals surface area contributed by atoms with Gasteiger partial charge in [0.1, 0.15) is 18.0 Å². The molecule has 2 rings (SSSR count). The zero-order valence-electron chi connectivity index (χ0n) is 29.1. The Labute approximate surface area is 291 Å². The van der Waals surface area contributed by atoms with Crippen LogP contribution in [0, 0.1) is 27.7 Å². The third kappa shape index (κ3) is 18.5. The highest BCUT2D eigenvalue weighted by Crippen LogP contribution is 2.28. The van der Waals surface area contributed by atoms with E-state index < -0.39 is 31.6 Å². The smallest absolute Gasteiger partial charge is 0.320 e. The van der Waals surface area contributed by atoms with Gasteiger partial charge in [0.05, 0.1) is 44.8 Å². The van der Waals surface area contributed by atoms with E-state index in [9.17, 15) is 26.4 Å². The Bertz CT molecular complexity index is 1410. The molecule has 13 nitrogen and oxygen atoms in total. The minimum Gasteiger partial charge on any atom is -0.497 e. The van der Waals surface area contributed by atoms with Crippen LogP contribution in [0.2, 0.25) is 0 Å². The second kappa shape index (κ2) is 24.5. The summed E-state index contributed by atoms with van der Waals surface area (Å²) in [7, 11) is 3.40. The number of hydrogen-bond acceptors (Lipinski definition) is 12. The van der Waals surface area contributed by atoms with Crippen molar-refractivity contribution in [1.29, 1.82) is 0 Å². The van der Waals surface area contributed by atoms with Crippen LogP contribution in [0.5, 0.6) is 11.5 Å². The number of nitrogens with two attached hydrogens (primary N) is 1. The van der Waals surface area contributed by atoms with Crippen molar-refractivity contribution in [2.45, 2.75) is 58.3 Å². The van der Waals surface area contributed by atoms with Gasteiger partial charge in [-0.25, -0.2) is 16.8 Å². The number of methoxy groups -OCH3 is 4. The van der Waals surface area contributed by atoms with E-state index in [0.717, 1.165) is 0 Å². The molecular weight excluding hydrogens is 697 g/mol. The summed E-state index contributed by atoms with van der Waals surface area (Å²) < 4.78 is 67.5. The van der Waals surface area contributed by atoms with Gasteiger partial charge in [0.25, 0.3) is 9.05 Å². The van der Waals surface area contributed by atoms with Crippen LogP contribution in [0.4, 0.5) is 0 Å². The van der Waals surface area contributed by atoms with E-state index in [2.05, 4.69) is 39.9 Å². The molecule has 0 saturated heterocycles.